The van der Waals surface area contributed by atoms with Crippen LogP contribution in [-0.2, 0) is 0 Å². The average Bonchev–Trinajstić information content (AvgIpc) is 2.23. The Kier molecular flexibility index (Phi) is 14.3. The first kappa shape index (κ1) is 17.1. The molecule has 0 aromatic rings. The van der Waals surface area contributed by atoms with Crippen molar-refractivity contribution in [2.24, 2.45) is 0 Å². The van der Waals surface area contributed by atoms with Gasteiger partial charge in [0.15, 0.2) is 0 Å². The zero-order chi connectivity index (χ0) is 11.5. The maximum atomic E-state index is 4.65. The van der Waals surface area contributed by atoms with Crippen LogP contribution in [-0.4, -0.2) is 45.0 Å². The zero-order valence-corrected chi connectivity index (χ0v) is 13.9. The van der Waals surface area contributed by atoms with Gasteiger partial charge in [-0.1, -0.05) is 0 Å². The monoisotopic (exact) mass is 320 g/mol. The third kappa shape index (κ3) is 9.77. The molecule has 92 valence electrons. The van der Waals surface area contributed by atoms with E-state index in [0.29, 0.717) is 10.5 Å². The van der Waals surface area contributed by atoms with Crippen LogP contribution in [0.4, 0.5) is 0 Å². The van der Waals surface area contributed by atoms with Gasteiger partial charge in [-0.2, -0.15) is 74.0 Å². The summed E-state index contributed by atoms with van der Waals surface area (Å²) < 4.78 is 0. The van der Waals surface area contributed by atoms with Crippen molar-refractivity contribution in [3.05, 3.63) is 0 Å². The molecule has 15 heavy (non-hydrogen) atoms. The first-order valence-corrected chi connectivity index (χ1v) is 9.58. The fraction of sp³-hybridized carbons (Fsp3) is 1.00. The highest BCUT2D eigenvalue weighted by Crippen LogP contribution is 2.25. The fourth-order valence-corrected chi connectivity index (χ4v) is 5.08. The van der Waals surface area contributed by atoms with Crippen molar-refractivity contribution in [1.82, 2.24) is 0 Å². The van der Waals surface area contributed by atoms with Crippen LogP contribution >= 0.6 is 74.0 Å². The molecule has 0 rings (SSSR count). The van der Waals surface area contributed by atoms with Crippen molar-refractivity contribution in [1.29, 1.82) is 0 Å². The Morgan fingerprint density at radius 2 is 1.60 bits per heavy atom. The summed E-state index contributed by atoms with van der Waals surface area (Å²) in [6.45, 7) is 0. The van der Waals surface area contributed by atoms with E-state index in [9.17, 15) is 0 Å². The largest absolute Gasteiger partial charge is 0.179 e. The molecule has 0 nitrogen and oxygen atoms in total. The Hall–Kier alpha value is 2.10. The molecule has 6 heteroatoms. The molecule has 0 fully saturated rings. The molecule has 2 unspecified atom stereocenters. The van der Waals surface area contributed by atoms with Crippen LogP contribution in [0.2, 0.25) is 0 Å². The molecule has 0 radical (unpaired) electrons. The lowest BCUT2D eigenvalue weighted by atomic mass is 10.2. The number of thiol groups is 4. The van der Waals surface area contributed by atoms with E-state index < -0.39 is 0 Å². The van der Waals surface area contributed by atoms with Crippen molar-refractivity contribution >= 4 is 74.0 Å². The van der Waals surface area contributed by atoms with E-state index >= 15 is 0 Å². The third-order valence-electron chi connectivity index (χ3n) is 1.79. The van der Waals surface area contributed by atoms with Crippen molar-refractivity contribution in [3.8, 4) is 0 Å². The molecule has 0 amide bonds. The molecule has 0 heterocycles. The highest BCUT2D eigenvalue weighted by atomic mass is 32.2. The number of hydrogen-bond donors (Lipinski definition) is 4. The second-order valence-corrected chi connectivity index (χ2v) is 7.51. The van der Waals surface area contributed by atoms with Gasteiger partial charge in [-0.05, 0) is 23.7 Å². The van der Waals surface area contributed by atoms with Gasteiger partial charge in [-0.25, -0.2) is 0 Å². The van der Waals surface area contributed by atoms with Gasteiger partial charge in [0.2, 0.25) is 0 Å². The Balaban J connectivity index is 3.81. The molecule has 0 aliphatic heterocycles. The maximum absolute atomic E-state index is 4.65. The number of rotatable bonds is 10. The summed E-state index contributed by atoms with van der Waals surface area (Å²) in [6, 6.07) is 0. The highest BCUT2D eigenvalue weighted by molar-refractivity contribution is 8.04. The van der Waals surface area contributed by atoms with Crippen molar-refractivity contribution in [2.75, 3.05) is 34.5 Å². The summed E-state index contributed by atoms with van der Waals surface area (Å²) in [7, 11) is 0. The normalized spacial score (nSPS) is 15.2. The lowest BCUT2D eigenvalue weighted by Crippen LogP contribution is -2.22. The number of hydrogen-bond acceptors (Lipinski definition) is 6. The van der Waals surface area contributed by atoms with Gasteiger partial charge in [-0.3, -0.25) is 0 Å². The summed E-state index contributed by atoms with van der Waals surface area (Å²) in [4.78, 5) is 0. The minimum atomic E-state index is 0.458. The maximum Gasteiger partial charge on any atom is 0.0255 e. The van der Waals surface area contributed by atoms with Gasteiger partial charge in [0.05, 0.1) is 0 Å². The van der Waals surface area contributed by atoms with Crippen molar-refractivity contribution in [2.45, 2.75) is 16.9 Å². The second kappa shape index (κ2) is 12.6. The molecule has 0 aromatic heterocycles. The molecule has 0 saturated heterocycles. The van der Waals surface area contributed by atoms with E-state index in [0.717, 1.165) is 35.2 Å². The molecule has 0 aromatic carbocycles. The van der Waals surface area contributed by atoms with Crippen LogP contribution in [0, 0.1) is 0 Å². The van der Waals surface area contributed by atoms with Crippen molar-refractivity contribution in [3.63, 3.8) is 0 Å². The van der Waals surface area contributed by atoms with E-state index in [1.165, 1.54) is 5.75 Å². The molecular weight excluding hydrogens is 301 g/mol. The van der Waals surface area contributed by atoms with Crippen LogP contribution in [0.1, 0.15) is 6.42 Å². The highest BCUT2D eigenvalue weighted by Gasteiger charge is 2.17. The molecular formula is C9H20S6. The van der Waals surface area contributed by atoms with Crippen LogP contribution in [0.25, 0.3) is 0 Å². The quantitative estimate of drug-likeness (QED) is 0.360. The summed E-state index contributed by atoms with van der Waals surface area (Å²) in [5, 5.41) is 1.08. The Morgan fingerprint density at radius 1 is 0.933 bits per heavy atom. The third-order valence-corrected chi connectivity index (χ3v) is 6.59. The molecule has 0 saturated carbocycles. The van der Waals surface area contributed by atoms with E-state index in [4.69, 9.17) is 0 Å². The van der Waals surface area contributed by atoms with Crippen LogP contribution < -0.4 is 0 Å². The minimum Gasteiger partial charge on any atom is -0.179 e. The van der Waals surface area contributed by atoms with E-state index in [1.807, 2.05) is 23.5 Å². The average molecular weight is 321 g/mol. The second-order valence-electron chi connectivity index (χ2n) is 3.01. The van der Waals surface area contributed by atoms with Gasteiger partial charge in [0.25, 0.3) is 0 Å². The molecule has 2 atom stereocenters. The summed E-state index contributed by atoms with van der Waals surface area (Å²) in [6.07, 6.45) is 1.08. The smallest absolute Gasteiger partial charge is 0.0255 e. The summed E-state index contributed by atoms with van der Waals surface area (Å²) >= 11 is 21.3. The number of thioether (sulfide) groups is 2. The first-order chi connectivity index (χ1) is 7.26. The lowest BCUT2D eigenvalue weighted by molar-refractivity contribution is 0.829. The molecule has 0 N–H and O–H groups in total. The standard InChI is InChI=1S/C9H20S6/c10-2-1-8(13)9(15-6-4-12)7-14-5-3-11/h8-13H,1-7H2. The SMILES string of the molecule is SCCSCC(SCCS)C(S)CCS. The molecule has 0 aliphatic carbocycles. The van der Waals surface area contributed by atoms with E-state index in [2.05, 4.69) is 50.5 Å². The summed E-state index contributed by atoms with van der Waals surface area (Å²) in [5.41, 5.74) is 0. The van der Waals surface area contributed by atoms with Gasteiger partial charge in [-0.15, -0.1) is 0 Å². The summed E-state index contributed by atoms with van der Waals surface area (Å²) in [5.74, 6) is 6.23. The van der Waals surface area contributed by atoms with Crippen LogP contribution in [0.5, 0.6) is 0 Å². The fourth-order valence-electron chi connectivity index (χ4n) is 1.06. The van der Waals surface area contributed by atoms with Gasteiger partial charge < -0.3 is 0 Å². The molecule has 0 aliphatic rings. The topological polar surface area (TPSA) is 0 Å². The molecule has 0 spiro atoms. The van der Waals surface area contributed by atoms with E-state index in [1.54, 1.807) is 0 Å². The Bertz CT molecular complexity index is 132. The molecule has 0 bridgehead atoms. The zero-order valence-electron chi connectivity index (χ0n) is 8.71. The Labute approximate surface area is 125 Å². The van der Waals surface area contributed by atoms with Gasteiger partial charge in [0, 0.05) is 27.8 Å². The first-order valence-electron chi connectivity index (χ1n) is 4.96. The predicted octanol–water partition coefficient (Wildman–Crippen LogP) is 3.30. The van der Waals surface area contributed by atoms with Crippen molar-refractivity contribution < 1.29 is 0 Å². The Morgan fingerprint density at radius 3 is 2.13 bits per heavy atom. The van der Waals surface area contributed by atoms with Crippen LogP contribution in [0.15, 0.2) is 0 Å². The predicted molar refractivity (Wildman–Crippen MR) is 92.5 cm³/mol. The van der Waals surface area contributed by atoms with E-state index in [-0.39, 0.29) is 0 Å². The van der Waals surface area contributed by atoms with Gasteiger partial charge in [0.1, 0.15) is 0 Å². The minimum absolute atomic E-state index is 0.458. The lowest BCUT2D eigenvalue weighted by Gasteiger charge is -2.21. The van der Waals surface area contributed by atoms with Gasteiger partial charge >= 0.3 is 0 Å². The van der Waals surface area contributed by atoms with Crippen LogP contribution in [0.3, 0.4) is 0 Å².